The van der Waals surface area contributed by atoms with Gasteiger partial charge in [-0.15, -0.1) is 0 Å². The first-order valence-electron chi connectivity index (χ1n) is 12.5. The molecule has 3 aromatic rings. The van der Waals surface area contributed by atoms with Crippen molar-refractivity contribution in [2.24, 2.45) is 0 Å². The second-order valence-electron chi connectivity index (χ2n) is 9.33. The van der Waals surface area contributed by atoms with Crippen LogP contribution in [0, 0.1) is 5.82 Å². The number of rotatable bonds is 8. The third kappa shape index (κ3) is 6.80. The lowest BCUT2D eigenvalue weighted by Gasteiger charge is -2.29. The number of amides is 1. The molecule has 10 nitrogen and oxygen atoms in total. The molecule has 0 bridgehead atoms. The summed E-state index contributed by atoms with van der Waals surface area (Å²) in [6.07, 6.45) is 4.89. The number of morpholine rings is 1. The van der Waals surface area contributed by atoms with Gasteiger partial charge in [-0.3, -0.25) is 14.5 Å². The van der Waals surface area contributed by atoms with Crippen LogP contribution in [0.5, 0.6) is 5.75 Å². The molecule has 0 aliphatic carbocycles. The lowest BCUT2D eigenvalue weighted by atomic mass is 10.1. The monoisotopic (exact) mass is 555 g/mol. The lowest BCUT2D eigenvalue weighted by molar-refractivity contribution is -0.156. The summed E-state index contributed by atoms with van der Waals surface area (Å²) in [5.41, 5.74) is 1.54. The quantitative estimate of drug-likeness (QED) is 0.313. The summed E-state index contributed by atoms with van der Waals surface area (Å²) < 4.78 is 30.4. The van der Waals surface area contributed by atoms with E-state index in [9.17, 15) is 14.0 Å². The number of aromatic nitrogens is 2. The molecule has 1 amide bonds. The summed E-state index contributed by atoms with van der Waals surface area (Å²) in [5.74, 6) is -0.293. The highest BCUT2D eigenvalue weighted by molar-refractivity contribution is 6.31. The highest BCUT2D eigenvalue weighted by Crippen LogP contribution is 2.35. The van der Waals surface area contributed by atoms with E-state index in [1.165, 1.54) is 24.5 Å². The third-order valence-electron chi connectivity index (χ3n) is 6.19. The van der Waals surface area contributed by atoms with Gasteiger partial charge in [0.15, 0.2) is 0 Å². The minimum Gasteiger partial charge on any atom is -0.486 e. The SMILES string of the molecule is CC1CN(CC=CC(=O)Nc2cc3c(Nc4ccc(F)c(Cl)c4)ncnc3cc2OC2CCOC2)CC(=O)O1. The Bertz CT molecular complexity index is 1410. The number of carbonyl (C=O) groups excluding carboxylic acids is 2. The van der Waals surface area contributed by atoms with Crippen molar-refractivity contribution in [2.45, 2.75) is 25.6 Å². The Morgan fingerprint density at radius 2 is 2.18 bits per heavy atom. The number of nitrogens with one attached hydrogen (secondary N) is 2. The molecule has 2 atom stereocenters. The summed E-state index contributed by atoms with van der Waals surface area (Å²) in [6.45, 7) is 4.08. The number of ether oxygens (including phenoxy) is 3. The molecule has 3 heterocycles. The zero-order valence-corrected chi connectivity index (χ0v) is 21.9. The first-order chi connectivity index (χ1) is 18.8. The molecule has 2 unspecified atom stereocenters. The Morgan fingerprint density at radius 1 is 1.31 bits per heavy atom. The fraction of sp³-hybridized carbons (Fsp3) is 0.333. The molecule has 0 radical (unpaired) electrons. The molecular formula is C27H27ClFN5O5. The molecule has 2 fully saturated rings. The highest BCUT2D eigenvalue weighted by atomic mass is 35.5. The van der Waals surface area contributed by atoms with E-state index in [4.69, 9.17) is 25.8 Å². The molecule has 2 aromatic carbocycles. The number of hydrogen-bond acceptors (Lipinski definition) is 9. The van der Waals surface area contributed by atoms with Crippen molar-refractivity contribution >= 4 is 51.6 Å². The minimum atomic E-state index is -0.528. The van der Waals surface area contributed by atoms with Gasteiger partial charge >= 0.3 is 5.97 Å². The Labute approximate surface area is 229 Å². The summed E-state index contributed by atoms with van der Waals surface area (Å²) in [6, 6.07) is 7.72. The van der Waals surface area contributed by atoms with E-state index in [-0.39, 0.29) is 35.7 Å². The maximum atomic E-state index is 13.6. The van der Waals surface area contributed by atoms with Crippen LogP contribution in [0.1, 0.15) is 13.3 Å². The van der Waals surface area contributed by atoms with Gasteiger partial charge in [0.25, 0.3) is 0 Å². The van der Waals surface area contributed by atoms with E-state index in [1.807, 2.05) is 11.8 Å². The molecule has 5 rings (SSSR count). The number of hydrogen-bond donors (Lipinski definition) is 2. The van der Waals surface area contributed by atoms with Crippen LogP contribution in [0.25, 0.3) is 10.9 Å². The standard InChI is InChI=1S/C27H27ClFN5O5/c1-16-12-34(13-26(36)38-16)7-2-3-25(35)33-23-10-19-22(11-24(23)39-18-6-8-37-14-18)30-15-31-27(19)32-17-4-5-21(29)20(28)9-17/h2-5,9-11,15-16,18H,6-8,12-14H2,1H3,(H,33,35)(H,30,31,32). The predicted octanol–water partition coefficient (Wildman–Crippen LogP) is 4.08. The molecule has 2 N–H and O–H groups in total. The van der Waals surface area contributed by atoms with Gasteiger partial charge in [0.2, 0.25) is 5.91 Å². The van der Waals surface area contributed by atoms with Crippen molar-refractivity contribution < 1.29 is 28.2 Å². The first kappa shape index (κ1) is 26.8. The molecule has 2 aliphatic heterocycles. The smallest absolute Gasteiger partial charge is 0.320 e. The topological polar surface area (TPSA) is 115 Å². The average molecular weight is 556 g/mol. The third-order valence-corrected chi connectivity index (χ3v) is 6.48. The summed E-state index contributed by atoms with van der Waals surface area (Å²) in [7, 11) is 0. The van der Waals surface area contributed by atoms with Crippen LogP contribution < -0.4 is 15.4 Å². The number of anilines is 3. The van der Waals surface area contributed by atoms with Crippen molar-refractivity contribution in [2.75, 3.05) is 43.5 Å². The zero-order chi connectivity index (χ0) is 27.4. The second kappa shape index (κ2) is 11.9. The van der Waals surface area contributed by atoms with E-state index in [1.54, 1.807) is 24.3 Å². The Morgan fingerprint density at radius 3 is 2.95 bits per heavy atom. The maximum Gasteiger partial charge on any atom is 0.320 e. The molecule has 2 aliphatic rings. The Kier molecular flexibility index (Phi) is 8.20. The van der Waals surface area contributed by atoms with E-state index < -0.39 is 5.82 Å². The van der Waals surface area contributed by atoms with Crippen molar-refractivity contribution in [3.05, 3.63) is 59.7 Å². The van der Waals surface area contributed by atoms with Gasteiger partial charge in [0.1, 0.15) is 35.9 Å². The normalized spacial score (nSPS) is 19.8. The fourth-order valence-corrected chi connectivity index (χ4v) is 4.59. The van der Waals surface area contributed by atoms with E-state index in [0.717, 1.165) is 6.42 Å². The van der Waals surface area contributed by atoms with Gasteiger partial charge in [0, 0.05) is 42.7 Å². The number of halogens is 2. The summed E-state index contributed by atoms with van der Waals surface area (Å²) >= 11 is 5.93. The van der Waals surface area contributed by atoms with Crippen LogP contribution in [-0.2, 0) is 19.1 Å². The van der Waals surface area contributed by atoms with Crippen molar-refractivity contribution in [3.8, 4) is 5.75 Å². The molecule has 0 saturated carbocycles. The van der Waals surface area contributed by atoms with Crippen molar-refractivity contribution in [1.29, 1.82) is 0 Å². The highest BCUT2D eigenvalue weighted by Gasteiger charge is 2.23. The number of fused-ring (bicyclic) bond motifs is 1. The Hall–Kier alpha value is -3.80. The van der Waals surface area contributed by atoms with E-state index in [0.29, 0.717) is 60.1 Å². The second-order valence-corrected chi connectivity index (χ2v) is 9.74. The minimum absolute atomic E-state index is 0.0246. The molecule has 2 saturated heterocycles. The average Bonchev–Trinajstić information content (AvgIpc) is 3.40. The van der Waals surface area contributed by atoms with Crippen molar-refractivity contribution in [1.82, 2.24) is 14.9 Å². The van der Waals surface area contributed by atoms with Gasteiger partial charge in [-0.2, -0.15) is 0 Å². The Balaban J connectivity index is 1.39. The van der Waals surface area contributed by atoms with Gasteiger partial charge in [0.05, 0.1) is 36.0 Å². The molecule has 39 heavy (non-hydrogen) atoms. The zero-order valence-electron chi connectivity index (χ0n) is 21.2. The van der Waals surface area contributed by atoms with Crippen LogP contribution in [-0.4, -0.2) is 71.8 Å². The summed E-state index contributed by atoms with van der Waals surface area (Å²) in [5, 5.41) is 6.60. The van der Waals surface area contributed by atoms with Gasteiger partial charge in [-0.1, -0.05) is 17.7 Å². The predicted molar refractivity (Wildman–Crippen MR) is 144 cm³/mol. The maximum absolute atomic E-state index is 13.6. The fourth-order valence-electron chi connectivity index (χ4n) is 4.41. The summed E-state index contributed by atoms with van der Waals surface area (Å²) in [4.78, 5) is 35.1. The number of cyclic esters (lactones) is 1. The molecule has 204 valence electrons. The van der Waals surface area contributed by atoms with Crippen LogP contribution >= 0.6 is 11.6 Å². The van der Waals surface area contributed by atoms with Crippen LogP contribution in [0.3, 0.4) is 0 Å². The van der Waals surface area contributed by atoms with Gasteiger partial charge in [-0.05, 0) is 31.2 Å². The van der Waals surface area contributed by atoms with Crippen LogP contribution in [0.2, 0.25) is 5.02 Å². The van der Waals surface area contributed by atoms with Crippen molar-refractivity contribution in [3.63, 3.8) is 0 Å². The van der Waals surface area contributed by atoms with E-state index in [2.05, 4.69) is 20.6 Å². The van der Waals surface area contributed by atoms with Crippen LogP contribution in [0.4, 0.5) is 21.6 Å². The molecule has 12 heteroatoms. The van der Waals surface area contributed by atoms with Crippen LogP contribution in [0.15, 0.2) is 48.8 Å². The number of nitrogens with zero attached hydrogens (tertiary/aromatic N) is 3. The first-order valence-corrected chi connectivity index (χ1v) is 12.9. The number of esters is 1. The lowest BCUT2D eigenvalue weighted by Crippen LogP contribution is -2.44. The molecular weight excluding hydrogens is 529 g/mol. The molecule has 1 aromatic heterocycles. The van der Waals surface area contributed by atoms with Gasteiger partial charge < -0.3 is 24.8 Å². The number of carbonyl (C=O) groups is 2. The largest absolute Gasteiger partial charge is 0.486 e. The molecule has 0 spiro atoms. The number of benzene rings is 2. The van der Waals surface area contributed by atoms with Gasteiger partial charge in [-0.25, -0.2) is 14.4 Å². The van der Waals surface area contributed by atoms with E-state index >= 15 is 0 Å².